The molecule has 12 nitrogen and oxygen atoms in total. The maximum absolute atomic E-state index is 14.3. The number of hydrogen-bond acceptors (Lipinski definition) is 10. The van der Waals surface area contributed by atoms with E-state index in [1.54, 1.807) is 12.0 Å². The number of aliphatic hydroxyl groups excluding tert-OH is 1. The monoisotopic (exact) mass is 748 g/mol. The van der Waals surface area contributed by atoms with Gasteiger partial charge in [-0.15, -0.1) is 0 Å². The van der Waals surface area contributed by atoms with Gasteiger partial charge in [-0.2, -0.15) is 5.06 Å². The Kier molecular flexibility index (Phi) is 12.9. The van der Waals surface area contributed by atoms with Crippen molar-refractivity contribution in [2.45, 2.75) is 65.3 Å². The van der Waals surface area contributed by atoms with Crippen LogP contribution in [0.25, 0.3) is 11.1 Å². The molecule has 3 N–H and O–H groups in total. The van der Waals surface area contributed by atoms with Crippen LogP contribution in [0.15, 0.2) is 36.4 Å². The Balaban J connectivity index is 1.30. The first-order chi connectivity index (χ1) is 25.7. The van der Waals surface area contributed by atoms with Gasteiger partial charge in [0.05, 0.1) is 32.5 Å². The van der Waals surface area contributed by atoms with Crippen molar-refractivity contribution in [1.29, 1.82) is 0 Å². The molecule has 3 saturated carbocycles. The fourth-order valence-electron chi connectivity index (χ4n) is 9.08. The molecule has 2 saturated heterocycles. The zero-order chi connectivity index (χ0) is 38.7. The van der Waals surface area contributed by atoms with Crippen LogP contribution in [0.2, 0.25) is 0 Å². The van der Waals surface area contributed by atoms with Gasteiger partial charge in [0.15, 0.2) is 0 Å². The van der Waals surface area contributed by atoms with Gasteiger partial charge in [0.25, 0.3) is 5.91 Å². The molecule has 5 aliphatic rings. The summed E-state index contributed by atoms with van der Waals surface area (Å²) < 4.78 is 12.3. The summed E-state index contributed by atoms with van der Waals surface area (Å²) in [7, 11) is 7.90. The van der Waals surface area contributed by atoms with E-state index >= 15 is 0 Å². The minimum Gasteiger partial charge on any atom is -0.491 e. The highest BCUT2D eigenvalue weighted by atomic mass is 16.7. The summed E-state index contributed by atoms with van der Waals surface area (Å²) in [5, 5.41) is 19.1. The van der Waals surface area contributed by atoms with Crippen molar-refractivity contribution in [3.8, 4) is 16.9 Å². The average Bonchev–Trinajstić information content (AvgIpc) is 3.56. The number of amides is 2. The standard InChI is InChI=1S/C42H64N6O6/c1-27-36-23-32(42(36,3)4)24-37(27)44-41(51)38-35(28(2)49)26-54-48(38)25-29-10-9-11-34(39(29)53-19-16-47-14-17-52-18-15-47)30-20-31(22-33(21-30)46(7)8)40(50)43-12-13-45(5)6/h9-11,20-22,27-28,32,35-38,49H,12-19,23-26H2,1-8H3,(H,43,50)(H,44,51)/t27-,28-,32+,35-,36-,37-,38-/m0/s1. The smallest absolute Gasteiger partial charge is 0.251 e. The first-order valence-corrected chi connectivity index (χ1v) is 19.9. The van der Waals surface area contributed by atoms with Crippen LogP contribution >= 0.6 is 0 Å². The molecule has 0 radical (unpaired) electrons. The van der Waals surface area contributed by atoms with Crippen molar-refractivity contribution in [1.82, 2.24) is 25.5 Å². The SMILES string of the molecule is C[C@@H]1[C@@H](NC(=O)[C@@H]2[C@H]([C@H](C)O)CON2Cc2cccc(-c3cc(C(=O)NCCN(C)C)cc(N(C)C)c3)c2OCCN2CCOCC2)C[C@H]2C[C@@H]1C2(C)C. The highest BCUT2D eigenvalue weighted by Crippen LogP contribution is 2.61. The Bertz CT molecular complexity index is 1610. The van der Waals surface area contributed by atoms with E-state index in [2.05, 4.69) is 42.4 Å². The molecule has 12 heteroatoms. The summed E-state index contributed by atoms with van der Waals surface area (Å²) >= 11 is 0. The quantitative estimate of drug-likeness (QED) is 0.249. The molecule has 2 aromatic carbocycles. The number of morpholine rings is 1. The number of para-hydroxylation sites is 1. The summed E-state index contributed by atoms with van der Waals surface area (Å²) in [5.74, 6) is 1.67. The number of nitrogens with one attached hydrogen (secondary N) is 2. The molecule has 2 aromatic rings. The van der Waals surface area contributed by atoms with Crippen LogP contribution in [0.5, 0.6) is 5.75 Å². The van der Waals surface area contributed by atoms with E-state index in [1.807, 2.05) is 68.3 Å². The first kappa shape index (κ1) is 40.4. The second-order valence-corrected chi connectivity index (χ2v) is 17.1. The van der Waals surface area contributed by atoms with E-state index < -0.39 is 12.1 Å². The van der Waals surface area contributed by atoms with Gasteiger partial charge in [0, 0.05) is 81.2 Å². The second kappa shape index (κ2) is 17.3. The molecule has 7 rings (SSSR count). The van der Waals surface area contributed by atoms with Crippen LogP contribution in [-0.4, -0.2) is 137 Å². The lowest BCUT2D eigenvalue weighted by Crippen LogP contribution is -2.62. The lowest BCUT2D eigenvalue weighted by molar-refractivity contribution is -0.161. The van der Waals surface area contributed by atoms with Gasteiger partial charge in [0.2, 0.25) is 5.91 Å². The van der Waals surface area contributed by atoms with Crippen molar-refractivity contribution in [2.75, 3.05) is 92.2 Å². The van der Waals surface area contributed by atoms with Gasteiger partial charge in [-0.3, -0.25) is 19.3 Å². The van der Waals surface area contributed by atoms with E-state index in [0.29, 0.717) is 60.8 Å². The van der Waals surface area contributed by atoms with Crippen LogP contribution in [0.3, 0.4) is 0 Å². The predicted molar refractivity (Wildman–Crippen MR) is 211 cm³/mol. The number of carbonyl (C=O) groups excluding carboxylic acids is 2. The molecule has 7 atom stereocenters. The van der Waals surface area contributed by atoms with E-state index in [-0.39, 0.29) is 36.9 Å². The zero-order valence-corrected chi connectivity index (χ0v) is 33.8. The molecule has 3 aliphatic carbocycles. The fourth-order valence-corrected chi connectivity index (χ4v) is 9.08. The molecule has 5 fully saturated rings. The number of fused-ring (bicyclic) bond motifs is 2. The van der Waals surface area contributed by atoms with Gasteiger partial charge >= 0.3 is 0 Å². The highest BCUT2D eigenvalue weighted by Gasteiger charge is 2.57. The topological polar surface area (TPSA) is 119 Å². The van der Waals surface area contributed by atoms with Crippen LogP contribution in [0, 0.1) is 29.1 Å². The molecule has 298 valence electrons. The Morgan fingerprint density at radius 2 is 1.85 bits per heavy atom. The van der Waals surface area contributed by atoms with Crippen molar-refractivity contribution in [3.05, 3.63) is 47.5 Å². The third kappa shape index (κ3) is 8.90. The van der Waals surface area contributed by atoms with E-state index in [9.17, 15) is 14.7 Å². The van der Waals surface area contributed by atoms with E-state index in [1.165, 1.54) is 6.42 Å². The normalized spacial score (nSPS) is 27.3. The number of hydroxylamine groups is 2. The number of hydrogen-bond donors (Lipinski definition) is 3. The van der Waals surface area contributed by atoms with Crippen LogP contribution in [0.4, 0.5) is 5.69 Å². The van der Waals surface area contributed by atoms with Gasteiger partial charge in [-0.25, -0.2) is 0 Å². The van der Waals surface area contributed by atoms with Crippen LogP contribution in [-0.2, 0) is 20.9 Å². The molecule has 2 bridgehead atoms. The molecule has 2 amide bonds. The lowest BCUT2D eigenvalue weighted by Gasteiger charge is -2.62. The van der Waals surface area contributed by atoms with Gasteiger partial charge in [-0.05, 0) is 80.8 Å². The predicted octanol–water partition coefficient (Wildman–Crippen LogP) is 3.72. The molecule has 2 aliphatic heterocycles. The molecular weight excluding hydrogens is 684 g/mol. The number of rotatable bonds is 15. The van der Waals surface area contributed by atoms with Crippen molar-refractivity contribution < 1.29 is 29.0 Å². The minimum absolute atomic E-state index is 0.0936. The number of aliphatic hydroxyl groups is 1. The number of carbonyl (C=O) groups is 2. The summed E-state index contributed by atoms with van der Waals surface area (Å²) in [4.78, 5) is 40.3. The Morgan fingerprint density at radius 1 is 1.09 bits per heavy atom. The molecule has 0 spiro atoms. The van der Waals surface area contributed by atoms with E-state index in [4.69, 9.17) is 14.3 Å². The molecule has 2 heterocycles. The number of ether oxygens (including phenoxy) is 2. The molecule has 0 unspecified atom stereocenters. The maximum atomic E-state index is 14.3. The lowest BCUT2D eigenvalue weighted by atomic mass is 9.45. The van der Waals surface area contributed by atoms with E-state index in [0.717, 1.165) is 55.0 Å². The molecular formula is C42H64N6O6. The van der Waals surface area contributed by atoms with Gasteiger partial charge in [-0.1, -0.05) is 39.0 Å². The fraction of sp³-hybridized carbons (Fsp3) is 0.667. The number of likely N-dealkylation sites (N-methyl/N-ethyl adjacent to an activating group) is 1. The summed E-state index contributed by atoms with van der Waals surface area (Å²) in [6.07, 6.45) is 1.49. The third-order valence-corrected chi connectivity index (χ3v) is 12.8. The maximum Gasteiger partial charge on any atom is 0.251 e. The number of anilines is 1. The highest BCUT2D eigenvalue weighted by molar-refractivity contribution is 5.97. The van der Waals surface area contributed by atoms with Crippen LogP contribution in [0.1, 0.15) is 56.5 Å². The number of nitrogens with zero attached hydrogens (tertiary/aromatic N) is 4. The summed E-state index contributed by atoms with van der Waals surface area (Å²) in [5.41, 5.74) is 4.35. The largest absolute Gasteiger partial charge is 0.491 e. The minimum atomic E-state index is -0.728. The number of benzene rings is 2. The van der Waals surface area contributed by atoms with Crippen molar-refractivity contribution in [3.63, 3.8) is 0 Å². The van der Waals surface area contributed by atoms with Crippen molar-refractivity contribution in [2.24, 2.45) is 29.1 Å². The molecule has 0 aromatic heterocycles. The first-order valence-electron chi connectivity index (χ1n) is 19.9. The van der Waals surface area contributed by atoms with Crippen molar-refractivity contribution >= 4 is 17.5 Å². The Morgan fingerprint density at radius 3 is 2.52 bits per heavy atom. The third-order valence-electron chi connectivity index (χ3n) is 12.8. The Hall–Kier alpha value is -3.26. The average molecular weight is 749 g/mol. The van der Waals surface area contributed by atoms with Crippen LogP contribution < -0.4 is 20.3 Å². The summed E-state index contributed by atoms with van der Waals surface area (Å²) in [6.45, 7) is 14.9. The Labute approximate surface area is 322 Å². The summed E-state index contributed by atoms with van der Waals surface area (Å²) in [6, 6.07) is 11.4. The van der Waals surface area contributed by atoms with Gasteiger partial charge < -0.3 is 35.0 Å². The second-order valence-electron chi connectivity index (χ2n) is 17.1. The zero-order valence-electron chi connectivity index (χ0n) is 33.8. The van der Waals surface area contributed by atoms with Gasteiger partial charge in [0.1, 0.15) is 18.4 Å². The molecule has 54 heavy (non-hydrogen) atoms.